The number of methoxy groups -OCH3 is 1. The van der Waals surface area contributed by atoms with Gasteiger partial charge in [-0.3, -0.25) is 0 Å². The summed E-state index contributed by atoms with van der Waals surface area (Å²) >= 11 is 1.32. The van der Waals surface area contributed by atoms with Crippen LogP contribution in [0.5, 0.6) is 0 Å². The average Bonchev–Trinajstić information content (AvgIpc) is 2.76. The Labute approximate surface area is 106 Å². The second-order valence-corrected chi connectivity index (χ2v) is 4.99. The number of carbonyl (C=O) groups excluding carboxylic acids is 1. The number of rotatable bonds is 7. The number of ether oxygens (including phenoxy) is 1. The van der Waals surface area contributed by atoms with Crippen molar-refractivity contribution in [3.63, 3.8) is 0 Å². The summed E-state index contributed by atoms with van der Waals surface area (Å²) < 4.78 is 4.62. The topological polar surface area (TPSA) is 54.5 Å². The van der Waals surface area contributed by atoms with Gasteiger partial charge in [0.2, 0.25) is 0 Å². The van der Waals surface area contributed by atoms with Crippen LogP contribution in [0.4, 0.5) is 5.13 Å². The number of anilines is 1. The van der Waals surface area contributed by atoms with Crippen LogP contribution in [0.3, 0.4) is 0 Å². The number of nitrogens with zero attached hydrogens (tertiary/aromatic N) is 2. The van der Waals surface area contributed by atoms with Crippen LogP contribution in [0.1, 0.15) is 22.5 Å². The predicted molar refractivity (Wildman–Crippen MR) is 69.7 cm³/mol. The summed E-state index contributed by atoms with van der Waals surface area (Å²) in [5.41, 5.74) is 0. The monoisotopic (exact) mass is 257 g/mol. The molecule has 1 aromatic rings. The maximum atomic E-state index is 11.2. The third kappa shape index (κ3) is 5.14. The number of nitrogens with one attached hydrogen (secondary N) is 1. The van der Waals surface area contributed by atoms with Crippen LogP contribution in [0.15, 0.2) is 6.20 Å². The Balaban J connectivity index is 2.23. The van der Waals surface area contributed by atoms with Crippen molar-refractivity contribution in [2.45, 2.75) is 12.8 Å². The molecule has 1 rings (SSSR count). The van der Waals surface area contributed by atoms with E-state index in [1.165, 1.54) is 18.4 Å². The van der Waals surface area contributed by atoms with Gasteiger partial charge in [-0.25, -0.2) is 9.78 Å². The van der Waals surface area contributed by atoms with E-state index < -0.39 is 0 Å². The predicted octanol–water partition coefficient (Wildman–Crippen LogP) is 1.68. The molecule has 0 fully saturated rings. The molecule has 17 heavy (non-hydrogen) atoms. The van der Waals surface area contributed by atoms with E-state index in [9.17, 15) is 4.79 Å². The van der Waals surface area contributed by atoms with Gasteiger partial charge in [-0.05, 0) is 33.5 Å². The van der Waals surface area contributed by atoms with Crippen LogP contribution in [0.2, 0.25) is 0 Å². The normalized spacial score (nSPS) is 10.6. The maximum Gasteiger partial charge on any atom is 0.349 e. The standard InChI is InChI=1S/C11H19N3O2S/c1-14(2)7-5-4-6-12-11-13-8-9(17-11)10(15)16-3/h8H,4-7H2,1-3H3,(H,12,13). The van der Waals surface area contributed by atoms with Gasteiger partial charge in [-0.1, -0.05) is 11.3 Å². The Morgan fingerprint density at radius 1 is 1.53 bits per heavy atom. The van der Waals surface area contributed by atoms with Crippen molar-refractivity contribution in [3.05, 3.63) is 11.1 Å². The van der Waals surface area contributed by atoms with Crippen LogP contribution >= 0.6 is 11.3 Å². The lowest BCUT2D eigenvalue weighted by atomic mass is 10.3. The smallest absolute Gasteiger partial charge is 0.349 e. The fraction of sp³-hybridized carbons (Fsp3) is 0.636. The minimum absolute atomic E-state index is 0.330. The van der Waals surface area contributed by atoms with E-state index in [1.54, 1.807) is 6.20 Å². The van der Waals surface area contributed by atoms with Crippen molar-refractivity contribution in [3.8, 4) is 0 Å². The van der Waals surface area contributed by atoms with Gasteiger partial charge in [0.1, 0.15) is 4.88 Å². The molecule has 0 saturated heterocycles. The molecule has 0 aliphatic rings. The average molecular weight is 257 g/mol. The molecular formula is C11H19N3O2S. The number of carbonyl (C=O) groups is 1. The molecule has 1 heterocycles. The molecule has 6 heteroatoms. The van der Waals surface area contributed by atoms with Gasteiger partial charge >= 0.3 is 5.97 Å². The minimum Gasteiger partial charge on any atom is -0.465 e. The van der Waals surface area contributed by atoms with Gasteiger partial charge < -0.3 is 15.0 Å². The van der Waals surface area contributed by atoms with Crippen molar-refractivity contribution in [1.29, 1.82) is 0 Å². The summed E-state index contributed by atoms with van der Waals surface area (Å²) in [6.45, 7) is 1.97. The molecule has 96 valence electrons. The molecule has 0 aliphatic heterocycles. The number of hydrogen-bond donors (Lipinski definition) is 1. The summed E-state index contributed by atoms with van der Waals surface area (Å²) in [6, 6.07) is 0. The fourth-order valence-corrected chi connectivity index (χ4v) is 2.06. The molecule has 0 unspecified atom stereocenters. The van der Waals surface area contributed by atoms with Crippen LogP contribution in [-0.4, -0.2) is 50.1 Å². The lowest BCUT2D eigenvalue weighted by molar-refractivity contribution is 0.0606. The minimum atomic E-state index is -0.330. The highest BCUT2D eigenvalue weighted by Crippen LogP contribution is 2.18. The van der Waals surface area contributed by atoms with E-state index in [0.29, 0.717) is 4.88 Å². The van der Waals surface area contributed by atoms with Crippen molar-refractivity contribution >= 4 is 22.4 Å². The highest BCUT2D eigenvalue weighted by molar-refractivity contribution is 7.17. The van der Waals surface area contributed by atoms with Gasteiger partial charge in [-0.2, -0.15) is 0 Å². The number of unbranched alkanes of at least 4 members (excludes halogenated alkanes) is 1. The molecule has 0 aliphatic carbocycles. The second-order valence-electron chi connectivity index (χ2n) is 3.96. The quantitative estimate of drug-likeness (QED) is 0.595. The zero-order chi connectivity index (χ0) is 12.7. The molecular weight excluding hydrogens is 238 g/mol. The Morgan fingerprint density at radius 2 is 2.29 bits per heavy atom. The summed E-state index contributed by atoms with van der Waals surface area (Å²) in [5, 5.41) is 3.97. The van der Waals surface area contributed by atoms with E-state index >= 15 is 0 Å². The van der Waals surface area contributed by atoms with E-state index in [0.717, 1.165) is 31.1 Å². The lowest BCUT2D eigenvalue weighted by Crippen LogP contribution is -2.14. The maximum absolute atomic E-state index is 11.2. The number of thiazole rings is 1. The molecule has 0 spiro atoms. The van der Waals surface area contributed by atoms with Crippen LogP contribution < -0.4 is 5.32 Å². The van der Waals surface area contributed by atoms with Crippen LogP contribution in [-0.2, 0) is 4.74 Å². The van der Waals surface area contributed by atoms with Crippen LogP contribution in [0, 0.1) is 0 Å². The third-order valence-electron chi connectivity index (χ3n) is 2.20. The van der Waals surface area contributed by atoms with Crippen molar-refractivity contribution in [2.24, 2.45) is 0 Å². The molecule has 1 aromatic heterocycles. The van der Waals surface area contributed by atoms with Gasteiger partial charge in [-0.15, -0.1) is 0 Å². The summed E-state index contributed by atoms with van der Waals surface area (Å²) in [7, 11) is 5.50. The van der Waals surface area contributed by atoms with E-state index in [-0.39, 0.29) is 5.97 Å². The third-order valence-corrected chi connectivity index (χ3v) is 3.14. The highest BCUT2D eigenvalue weighted by atomic mass is 32.1. The molecule has 0 saturated carbocycles. The van der Waals surface area contributed by atoms with Crippen molar-refractivity contribution in [2.75, 3.05) is 39.6 Å². The number of aromatic nitrogens is 1. The molecule has 1 N–H and O–H groups in total. The van der Waals surface area contributed by atoms with Gasteiger partial charge in [0.25, 0.3) is 0 Å². The van der Waals surface area contributed by atoms with Gasteiger partial charge in [0.05, 0.1) is 13.3 Å². The molecule has 0 bridgehead atoms. The van der Waals surface area contributed by atoms with E-state index in [4.69, 9.17) is 0 Å². The summed E-state index contributed by atoms with van der Waals surface area (Å²) in [6.07, 6.45) is 3.78. The molecule has 0 radical (unpaired) electrons. The number of esters is 1. The SMILES string of the molecule is COC(=O)c1cnc(NCCCCN(C)C)s1. The zero-order valence-corrected chi connectivity index (χ0v) is 11.3. The van der Waals surface area contributed by atoms with Gasteiger partial charge in [0.15, 0.2) is 5.13 Å². The molecule has 0 amide bonds. The summed E-state index contributed by atoms with van der Waals surface area (Å²) in [5.74, 6) is -0.330. The Bertz CT molecular complexity index is 352. The Hall–Kier alpha value is -1.14. The zero-order valence-electron chi connectivity index (χ0n) is 10.5. The first kappa shape index (κ1) is 13.9. The fourth-order valence-electron chi connectivity index (χ4n) is 1.30. The number of hydrogen-bond acceptors (Lipinski definition) is 6. The van der Waals surface area contributed by atoms with Crippen LogP contribution in [0.25, 0.3) is 0 Å². The lowest BCUT2D eigenvalue weighted by Gasteiger charge is -2.08. The molecule has 5 nitrogen and oxygen atoms in total. The first-order valence-corrected chi connectivity index (χ1v) is 6.38. The molecule has 0 atom stereocenters. The first-order valence-electron chi connectivity index (χ1n) is 5.56. The van der Waals surface area contributed by atoms with Crippen molar-refractivity contribution < 1.29 is 9.53 Å². The highest BCUT2D eigenvalue weighted by Gasteiger charge is 2.09. The Morgan fingerprint density at radius 3 is 2.94 bits per heavy atom. The first-order chi connectivity index (χ1) is 8.13. The second kappa shape index (κ2) is 7.24. The summed E-state index contributed by atoms with van der Waals surface area (Å²) in [4.78, 5) is 18.0. The largest absolute Gasteiger partial charge is 0.465 e. The van der Waals surface area contributed by atoms with Crippen molar-refractivity contribution in [1.82, 2.24) is 9.88 Å². The van der Waals surface area contributed by atoms with E-state index in [2.05, 4.69) is 34.0 Å². The Kier molecular flexibility index (Phi) is 5.93. The van der Waals surface area contributed by atoms with E-state index in [1.807, 2.05) is 0 Å². The molecule has 0 aromatic carbocycles. The van der Waals surface area contributed by atoms with Gasteiger partial charge in [0, 0.05) is 6.54 Å².